The van der Waals surface area contributed by atoms with Gasteiger partial charge in [0.05, 0.1) is 28.2 Å². The second kappa shape index (κ2) is 7.79. The number of carbonyl (C=O) groups excluding carboxylic acids is 1. The molecule has 0 bridgehead atoms. The number of fused-ring (bicyclic) bond motifs is 1. The fourth-order valence-corrected chi connectivity index (χ4v) is 4.07. The maximum absolute atomic E-state index is 13.0. The number of thioether (sulfide) groups is 1. The summed E-state index contributed by atoms with van der Waals surface area (Å²) in [6.45, 7) is 3.58. The average Bonchev–Trinajstić information content (AvgIpc) is 3.22. The van der Waals surface area contributed by atoms with E-state index < -0.39 is 5.25 Å². The number of para-hydroxylation sites is 1. The second-order valence-electron chi connectivity index (χ2n) is 6.87. The van der Waals surface area contributed by atoms with Gasteiger partial charge in [0.1, 0.15) is 17.0 Å². The maximum atomic E-state index is 13.0. The Morgan fingerprint density at radius 1 is 1.17 bits per heavy atom. The molecule has 154 valence electrons. The van der Waals surface area contributed by atoms with E-state index in [-0.39, 0.29) is 17.2 Å². The minimum Gasteiger partial charge on any atom is -0.319 e. The molecule has 3 aromatic heterocycles. The van der Waals surface area contributed by atoms with Gasteiger partial charge in [0.15, 0.2) is 5.65 Å². The maximum Gasteiger partial charge on any atom is 0.295 e. The predicted octanol–water partition coefficient (Wildman–Crippen LogP) is 2.28. The molecule has 0 unspecified atom stereocenters. The number of benzene rings is 1. The Morgan fingerprint density at radius 3 is 2.63 bits per heavy atom. The van der Waals surface area contributed by atoms with Crippen molar-refractivity contribution >= 4 is 34.4 Å². The van der Waals surface area contributed by atoms with Crippen LogP contribution in [0.2, 0.25) is 0 Å². The van der Waals surface area contributed by atoms with E-state index in [1.165, 1.54) is 22.8 Å². The number of anilines is 1. The van der Waals surface area contributed by atoms with Crippen molar-refractivity contribution in [1.29, 1.82) is 0 Å². The third kappa shape index (κ3) is 3.39. The number of amides is 1. The van der Waals surface area contributed by atoms with E-state index in [1.54, 1.807) is 43.5 Å². The van der Waals surface area contributed by atoms with Crippen LogP contribution < -0.4 is 10.9 Å². The van der Waals surface area contributed by atoms with Crippen molar-refractivity contribution in [3.05, 3.63) is 58.9 Å². The van der Waals surface area contributed by atoms with Crippen LogP contribution in [0, 0.1) is 6.92 Å². The van der Waals surface area contributed by atoms with Gasteiger partial charge >= 0.3 is 0 Å². The Labute approximate surface area is 176 Å². The minimum absolute atomic E-state index is 0.271. The molecule has 0 spiro atoms. The van der Waals surface area contributed by atoms with Gasteiger partial charge in [-0.25, -0.2) is 14.6 Å². The molecule has 10 heteroatoms. The fourth-order valence-electron chi connectivity index (χ4n) is 3.19. The molecule has 0 aliphatic rings. The summed E-state index contributed by atoms with van der Waals surface area (Å²) < 4.78 is 4.92. The van der Waals surface area contributed by atoms with Gasteiger partial charge in [0, 0.05) is 14.1 Å². The molecular formula is C20H21N7O2S. The summed E-state index contributed by atoms with van der Waals surface area (Å²) in [6, 6.07) is 9.31. The van der Waals surface area contributed by atoms with Gasteiger partial charge in [-0.15, -0.1) is 0 Å². The first-order chi connectivity index (χ1) is 14.4. The summed E-state index contributed by atoms with van der Waals surface area (Å²) in [5.41, 5.74) is 2.10. The van der Waals surface area contributed by atoms with Gasteiger partial charge in [0.25, 0.3) is 5.56 Å². The first-order valence-electron chi connectivity index (χ1n) is 9.32. The first kappa shape index (κ1) is 19.9. The number of aryl methyl sites for hydroxylation is 1. The highest BCUT2D eigenvalue weighted by Gasteiger charge is 2.23. The highest BCUT2D eigenvalue weighted by Crippen LogP contribution is 2.28. The quantitative estimate of drug-likeness (QED) is 0.391. The van der Waals surface area contributed by atoms with Crippen LogP contribution in [0.25, 0.3) is 16.7 Å². The van der Waals surface area contributed by atoms with Crippen LogP contribution >= 0.6 is 11.8 Å². The SMILES string of the molecule is Cc1c(NC(=O)[C@H](C)Sc2ncnc3c2cnn3C)c(=O)n(-c2ccccc2)n1C. The van der Waals surface area contributed by atoms with Crippen molar-refractivity contribution in [3.8, 4) is 5.69 Å². The van der Waals surface area contributed by atoms with Crippen LogP contribution in [0.15, 0.2) is 52.7 Å². The van der Waals surface area contributed by atoms with Crippen LogP contribution in [0.3, 0.4) is 0 Å². The monoisotopic (exact) mass is 423 g/mol. The molecule has 0 aliphatic carbocycles. The molecule has 1 aromatic carbocycles. The van der Waals surface area contributed by atoms with E-state index in [9.17, 15) is 9.59 Å². The van der Waals surface area contributed by atoms with E-state index in [0.717, 1.165) is 11.1 Å². The lowest BCUT2D eigenvalue weighted by Gasteiger charge is -2.11. The van der Waals surface area contributed by atoms with Gasteiger partial charge in [-0.2, -0.15) is 5.10 Å². The zero-order chi connectivity index (χ0) is 21.4. The zero-order valence-corrected chi connectivity index (χ0v) is 17.8. The van der Waals surface area contributed by atoms with Crippen LogP contribution in [-0.2, 0) is 18.9 Å². The summed E-state index contributed by atoms with van der Waals surface area (Å²) >= 11 is 1.30. The molecular weight excluding hydrogens is 402 g/mol. The first-order valence-corrected chi connectivity index (χ1v) is 10.2. The van der Waals surface area contributed by atoms with Crippen LogP contribution in [0.5, 0.6) is 0 Å². The number of hydrogen-bond acceptors (Lipinski definition) is 6. The Bertz CT molecular complexity index is 1290. The van der Waals surface area contributed by atoms with E-state index in [4.69, 9.17) is 0 Å². The number of nitrogens with zero attached hydrogens (tertiary/aromatic N) is 6. The van der Waals surface area contributed by atoms with Gasteiger partial charge in [0.2, 0.25) is 5.91 Å². The summed E-state index contributed by atoms with van der Waals surface area (Å²) in [6.07, 6.45) is 3.14. The Hall–Kier alpha value is -3.40. The molecule has 30 heavy (non-hydrogen) atoms. The van der Waals surface area contributed by atoms with Crippen molar-refractivity contribution < 1.29 is 4.79 Å². The molecule has 0 aliphatic heterocycles. The molecule has 4 aromatic rings. The molecule has 1 N–H and O–H groups in total. The normalized spacial score (nSPS) is 12.3. The van der Waals surface area contributed by atoms with E-state index in [1.807, 2.05) is 30.3 Å². The Morgan fingerprint density at radius 2 is 1.90 bits per heavy atom. The highest BCUT2D eigenvalue weighted by atomic mass is 32.2. The fraction of sp³-hybridized carbons (Fsp3) is 0.250. The molecule has 0 saturated heterocycles. The topological polar surface area (TPSA) is 99.6 Å². The largest absolute Gasteiger partial charge is 0.319 e. The lowest BCUT2D eigenvalue weighted by molar-refractivity contribution is -0.115. The van der Waals surface area contributed by atoms with Crippen molar-refractivity contribution in [2.24, 2.45) is 14.1 Å². The zero-order valence-electron chi connectivity index (χ0n) is 17.0. The van der Waals surface area contributed by atoms with Gasteiger partial charge in [-0.3, -0.25) is 19.0 Å². The number of rotatable bonds is 5. The third-order valence-electron chi connectivity index (χ3n) is 4.95. The van der Waals surface area contributed by atoms with E-state index in [0.29, 0.717) is 16.4 Å². The summed E-state index contributed by atoms with van der Waals surface area (Å²) in [7, 11) is 3.59. The van der Waals surface area contributed by atoms with E-state index in [2.05, 4.69) is 20.4 Å². The van der Waals surface area contributed by atoms with Crippen molar-refractivity contribution in [2.75, 3.05) is 5.32 Å². The Kier molecular flexibility index (Phi) is 5.17. The van der Waals surface area contributed by atoms with Crippen molar-refractivity contribution in [2.45, 2.75) is 24.1 Å². The predicted molar refractivity (Wildman–Crippen MR) is 116 cm³/mol. The van der Waals surface area contributed by atoms with Gasteiger partial charge in [-0.05, 0) is 26.0 Å². The molecule has 3 heterocycles. The molecule has 0 saturated carbocycles. The lowest BCUT2D eigenvalue weighted by atomic mass is 10.3. The number of aromatic nitrogens is 6. The summed E-state index contributed by atoms with van der Waals surface area (Å²) in [4.78, 5) is 34.4. The summed E-state index contributed by atoms with van der Waals surface area (Å²) in [5, 5.41) is 7.97. The van der Waals surface area contributed by atoms with Crippen molar-refractivity contribution in [1.82, 2.24) is 29.1 Å². The number of carbonyl (C=O) groups is 1. The second-order valence-corrected chi connectivity index (χ2v) is 8.20. The molecule has 1 atom stereocenters. The lowest BCUT2D eigenvalue weighted by Crippen LogP contribution is -2.27. The van der Waals surface area contributed by atoms with Crippen LogP contribution in [0.1, 0.15) is 12.6 Å². The molecule has 0 fully saturated rings. The third-order valence-corrected chi connectivity index (χ3v) is 6.07. The summed E-state index contributed by atoms with van der Waals surface area (Å²) in [5.74, 6) is -0.276. The molecule has 1 amide bonds. The van der Waals surface area contributed by atoms with E-state index >= 15 is 0 Å². The van der Waals surface area contributed by atoms with Crippen molar-refractivity contribution in [3.63, 3.8) is 0 Å². The minimum atomic E-state index is -0.479. The highest BCUT2D eigenvalue weighted by molar-refractivity contribution is 8.00. The smallest absolute Gasteiger partial charge is 0.295 e. The van der Waals surface area contributed by atoms with Crippen LogP contribution in [-0.4, -0.2) is 40.3 Å². The van der Waals surface area contributed by atoms with Gasteiger partial charge in [-0.1, -0.05) is 30.0 Å². The van der Waals surface area contributed by atoms with Crippen LogP contribution in [0.4, 0.5) is 5.69 Å². The number of nitrogens with one attached hydrogen (secondary N) is 1. The molecule has 4 rings (SSSR count). The Balaban J connectivity index is 1.59. The van der Waals surface area contributed by atoms with Gasteiger partial charge < -0.3 is 5.32 Å². The number of hydrogen-bond donors (Lipinski definition) is 1. The average molecular weight is 424 g/mol. The molecule has 9 nitrogen and oxygen atoms in total. The molecule has 0 radical (unpaired) electrons. The standard InChI is InChI=1S/C20H21N7O2S/c1-12-16(20(29)27(26(12)4)14-8-6-5-7-9-14)24-18(28)13(2)30-19-15-10-23-25(3)17(15)21-11-22-19/h5-11,13H,1-4H3,(H,24,28)/t13-/m0/s1.